The Labute approximate surface area is 125 Å². The predicted octanol–water partition coefficient (Wildman–Crippen LogP) is 0.999. The van der Waals surface area contributed by atoms with Gasteiger partial charge in [0.15, 0.2) is 0 Å². The number of morpholine rings is 1. The van der Waals surface area contributed by atoms with E-state index in [0.29, 0.717) is 38.6 Å². The lowest BCUT2D eigenvalue weighted by Crippen LogP contribution is -2.45. The van der Waals surface area contributed by atoms with Crippen LogP contribution in [0.1, 0.15) is 0 Å². The average molecular weight is 294 g/mol. The number of benzene rings is 1. The van der Waals surface area contributed by atoms with Crippen LogP contribution in [0.4, 0.5) is 5.69 Å². The van der Waals surface area contributed by atoms with Gasteiger partial charge in [0.25, 0.3) is 0 Å². The Bertz CT molecular complexity index is 487. The van der Waals surface area contributed by atoms with Gasteiger partial charge in [-0.25, -0.2) is 0 Å². The minimum Gasteiger partial charge on any atom is -0.497 e. The minimum atomic E-state index is 0.0886. The van der Waals surface area contributed by atoms with E-state index in [1.165, 1.54) is 0 Å². The van der Waals surface area contributed by atoms with Gasteiger partial charge in [-0.1, -0.05) is 0 Å². The molecular weight excluding hydrogens is 272 g/mol. The molecule has 0 aromatic heterocycles. The molecule has 1 aromatic rings. The lowest BCUT2D eigenvalue weighted by Gasteiger charge is -2.29. The Balaban J connectivity index is 2.08. The second kappa shape index (κ2) is 7.17. The van der Waals surface area contributed by atoms with E-state index in [1.54, 1.807) is 14.2 Å². The number of hydrogen-bond donors (Lipinski definition) is 0. The van der Waals surface area contributed by atoms with Crippen molar-refractivity contribution < 1.29 is 19.0 Å². The maximum atomic E-state index is 12.3. The molecule has 1 aliphatic heterocycles. The fourth-order valence-corrected chi connectivity index (χ4v) is 2.30. The summed E-state index contributed by atoms with van der Waals surface area (Å²) in [6.45, 7) is 2.82. The zero-order valence-electron chi connectivity index (χ0n) is 12.8. The summed E-state index contributed by atoms with van der Waals surface area (Å²) in [5, 5.41) is 0. The van der Waals surface area contributed by atoms with Crippen LogP contribution in [0.5, 0.6) is 11.5 Å². The van der Waals surface area contributed by atoms with Crippen molar-refractivity contribution in [1.82, 2.24) is 4.90 Å². The molecule has 116 valence electrons. The second-order valence-corrected chi connectivity index (χ2v) is 4.89. The van der Waals surface area contributed by atoms with Crippen LogP contribution in [0.3, 0.4) is 0 Å². The molecule has 6 heteroatoms. The van der Waals surface area contributed by atoms with Crippen LogP contribution < -0.4 is 14.4 Å². The first-order valence-electron chi connectivity index (χ1n) is 6.94. The SMILES string of the molecule is COc1ccc(OC)c(N(C)CC(=O)N2CCOCC2)c1. The molecule has 21 heavy (non-hydrogen) atoms. The number of nitrogens with zero attached hydrogens (tertiary/aromatic N) is 2. The number of likely N-dealkylation sites (N-methyl/N-ethyl adjacent to an activating group) is 1. The van der Waals surface area contributed by atoms with Gasteiger partial charge in [-0.15, -0.1) is 0 Å². The molecule has 0 radical (unpaired) electrons. The third-order valence-electron chi connectivity index (χ3n) is 3.53. The molecule has 1 aromatic carbocycles. The molecule has 1 fully saturated rings. The van der Waals surface area contributed by atoms with Gasteiger partial charge in [-0.3, -0.25) is 4.79 Å². The van der Waals surface area contributed by atoms with Crippen molar-refractivity contribution in [3.05, 3.63) is 18.2 Å². The van der Waals surface area contributed by atoms with E-state index in [2.05, 4.69) is 0 Å². The molecule has 0 unspecified atom stereocenters. The number of hydrogen-bond acceptors (Lipinski definition) is 5. The van der Waals surface area contributed by atoms with E-state index in [-0.39, 0.29) is 5.91 Å². The Hall–Kier alpha value is -1.95. The van der Waals surface area contributed by atoms with Gasteiger partial charge in [0.1, 0.15) is 11.5 Å². The molecule has 0 atom stereocenters. The van der Waals surface area contributed by atoms with Crippen molar-refractivity contribution in [3.8, 4) is 11.5 Å². The molecule has 6 nitrogen and oxygen atoms in total. The highest BCUT2D eigenvalue weighted by Gasteiger charge is 2.20. The van der Waals surface area contributed by atoms with Crippen molar-refractivity contribution >= 4 is 11.6 Å². The molecule has 1 aliphatic rings. The van der Waals surface area contributed by atoms with Crippen LogP contribution in [0, 0.1) is 0 Å². The van der Waals surface area contributed by atoms with Crippen molar-refractivity contribution in [1.29, 1.82) is 0 Å². The van der Waals surface area contributed by atoms with E-state index >= 15 is 0 Å². The van der Waals surface area contributed by atoms with E-state index < -0.39 is 0 Å². The average Bonchev–Trinajstić information content (AvgIpc) is 2.54. The number of ether oxygens (including phenoxy) is 3. The molecule has 0 aliphatic carbocycles. The van der Waals surface area contributed by atoms with Gasteiger partial charge < -0.3 is 24.0 Å². The zero-order chi connectivity index (χ0) is 15.2. The largest absolute Gasteiger partial charge is 0.497 e. The first-order chi connectivity index (χ1) is 10.2. The fraction of sp³-hybridized carbons (Fsp3) is 0.533. The van der Waals surface area contributed by atoms with Crippen molar-refractivity contribution in [2.24, 2.45) is 0 Å². The maximum Gasteiger partial charge on any atom is 0.242 e. The molecule has 0 N–H and O–H groups in total. The summed E-state index contributed by atoms with van der Waals surface area (Å²) < 4.78 is 15.8. The molecule has 2 rings (SSSR count). The molecule has 1 heterocycles. The van der Waals surface area contributed by atoms with Crippen LogP contribution in [0.2, 0.25) is 0 Å². The van der Waals surface area contributed by atoms with Gasteiger partial charge >= 0.3 is 0 Å². The van der Waals surface area contributed by atoms with Crippen LogP contribution in [0.15, 0.2) is 18.2 Å². The van der Waals surface area contributed by atoms with Crippen molar-refractivity contribution in [2.75, 3.05) is 59.0 Å². The standard InChI is InChI=1S/C15H22N2O4/c1-16(11-15(18)17-6-8-21-9-7-17)13-10-12(19-2)4-5-14(13)20-3/h4-5,10H,6-9,11H2,1-3H3. The van der Waals surface area contributed by atoms with Gasteiger partial charge in [-0.2, -0.15) is 0 Å². The number of carbonyl (C=O) groups is 1. The van der Waals surface area contributed by atoms with Gasteiger partial charge in [-0.05, 0) is 12.1 Å². The lowest BCUT2D eigenvalue weighted by molar-refractivity contribution is -0.133. The highest BCUT2D eigenvalue weighted by molar-refractivity contribution is 5.82. The van der Waals surface area contributed by atoms with Crippen molar-refractivity contribution in [2.45, 2.75) is 0 Å². The molecule has 1 amide bonds. The van der Waals surface area contributed by atoms with Crippen LogP contribution >= 0.6 is 0 Å². The smallest absolute Gasteiger partial charge is 0.242 e. The summed E-state index contributed by atoms with van der Waals surface area (Å²) in [5.41, 5.74) is 0.832. The number of amides is 1. The summed E-state index contributed by atoms with van der Waals surface area (Å²) >= 11 is 0. The summed E-state index contributed by atoms with van der Waals surface area (Å²) in [7, 11) is 5.10. The van der Waals surface area contributed by atoms with Crippen LogP contribution in [-0.4, -0.2) is 64.9 Å². The topological polar surface area (TPSA) is 51.2 Å². The number of methoxy groups -OCH3 is 2. The van der Waals surface area contributed by atoms with E-state index in [4.69, 9.17) is 14.2 Å². The minimum absolute atomic E-state index is 0.0886. The quantitative estimate of drug-likeness (QED) is 0.811. The van der Waals surface area contributed by atoms with Crippen LogP contribution in [-0.2, 0) is 9.53 Å². The highest BCUT2D eigenvalue weighted by Crippen LogP contribution is 2.31. The molecule has 0 spiro atoms. The third kappa shape index (κ3) is 3.78. The summed E-state index contributed by atoms with van der Waals surface area (Å²) in [6, 6.07) is 5.54. The monoisotopic (exact) mass is 294 g/mol. The highest BCUT2D eigenvalue weighted by atomic mass is 16.5. The van der Waals surface area contributed by atoms with E-state index in [0.717, 1.165) is 11.4 Å². The lowest BCUT2D eigenvalue weighted by atomic mass is 10.2. The van der Waals surface area contributed by atoms with Crippen molar-refractivity contribution in [3.63, 3.8) is 0 Å². The Kier molecular flexibility index (Phi) is 5.27. The Morgan fingerprint density at radius 1 is 1.29 bits per heavy atom. The zero-order valence-corrected chi connectivity index (χ0v) is 12.8. The molecular formula is C15H22N2O4. The fourth-order valence-electron chi connectivity index (χ4n) is 2.30. The summed E-state index contributed by atoms with van der Waals surface area (Å²) in [5.74, 6) is 1.54. The van der Waals surface area contributed by atoms with Gasteiger partial charge in [0, 0.05) is 26.2 Å². The Morgan fingerprint density at radius 2 is 2.00 bits per heavy atom. The van der Waals surface area contributed by atoms with E-state index in [9.17, 15) is 4.79 Å². The molecule has 0 bridgehead atoms. The first kappa shape index (κ1) is 15.4. The summed E-state index contributed by atoms with van der Waals surface area (Å²) in [6.07, 6.45) is 0. The van der Waals surface area contributed by atoms with Gasteiger partial charge in [0.05, 0.1) is 39.7 Å². The summed E-state index contributed by atoms with van der Waals surface area (Å²) in [4.78, 5) is 16.0. The molecule has 1 saturated heterocycles. The normalized spacial score (nSPS) is 14.7. The first-order valence-corrected chi connectivity index (χ1v) is 6.94. The molecule has 0 saturated carbocycles. The predicted molar refractivity (Wildman–Crippen MR) is 80.2 cm³/mol. The second-order valence-electron chi connectivity index (χ2n) is 4.89. The Morgan fingerprint density at radius 3 is 2.62 bits per heavy atom. The third-order valence-corrected chi connectivity index (χ3v) is 3.53. The number of anilines is 1. The van der Waals surface area contributed by atoms with Crippen LogP contribution in [0.25, 0.3) is 0 Å². The van der Waals surface area contributed by atoms with Gasteiger partial charge in [0.2, 0.25) is 5.91 Å². The number of rotatable bonds is 5. The van der Waals surface area contributed by atoms with E-state index in [1.807, 2.05) is 35.0 Å². The number of carbonyl (C=O) groups excluding carboxylic acids is 1. The maximum absolute atomic E-state index is 12.3.